The van der Waals surface area contributed by atoms with E-state index >= 15 is 0 Å². The molecule has 1 aliphatic carbocycles. The summed E-state index contributed by atoms with van der Waals surface area (Å²) >= 11 is 0. The van der Waals surface area contributed by atoms with Crippen LogP contribution >= 0.6 is 0 Å². The van der Waals surface area contributed by atoms with Gasteiger partial charge in [0.1, 0.15) is 0 Å². The molecule has 1 N–H and O–H groups in total. The van der Waals surface area contributed by atoms with Gasteiger partial charge in [-0.3, -0.25) is 4.79 Å². The minimum absolute atomic E-state index is 0.313. The molecular weight excluding hydrogens is 188 g/mol. The first-order valence-corrected chi connectivity index (χ1v) is 5.45. The molecule has 2 nitrogen and oxygen atoms in total. The SMILES string of the molecule is Cc1ccc2c(c1)CC(CC(=O)O)CC2. The first-order valence-electron chi connectivity index (χ1n) is 5.45. The number of carboxylic acid groups (broad SMARTS) is 1. The highest BCUT2D eigenvalue weighted by molar-refractivity contribution is 5.67. The summed E-state index contributed by atoms with van der Waals surface area (Å²) in [7, 11) is 0. The van der Waals surface area contributed by atoms with Gasteiger partial charge in [0.15, 0.2) is 0 Å². The van der Waals surface area contributed by atoms with Crippen molar-refractivity contribution in [3.8, 4) is 0 Å². The zero-order valence-electron chi connectivity index (χ0n) is 8.99. The van der Waals surface area contributed by atoms with Crippen molar-refractivity contribution < 1.29 is 9.90 Å². The normalized spacial score (nSPS) is 19.7. The van der Waals surface area contributed by atoms with Crippen LogP contribution in [0, 0.1) is 12.8 Å². The molecule has 0 spiro atoms. The number of aliphatic carboxylic acids is 1. The molecule has 0 fully saturated rings. The summed E-state index contributed by atoms with van der Waals surface area (Å²) in [6.45, 7) is 2.08. The molecule has 1 aromatic carbocycles. The highest BCUT2D eigenvalue weighted by atomic mass is 16.4. The van der Waals surface area contributed by atoms with E-state index < -0.39 is 5.97 Å². The van der Waals surface area contributed by atoms with Gasteiger partial charge in [0.25, 0.3) is 0 Å². The standard InChI is InChI=1S/C13H16O2/c1-9-2-4-11-5-3-10(8-13(14)15)7-12(11)6-9/h2,4,6,10H,3,5,7-8H2,1H3,(H,14,15). The molecule has 0 heterocycles. The van der Waals surface area contributed by atoms with E-state index in [1.54, 1.807) is 0 Å². The Bertz CT molecular complexity index is 382. The third-order valence-electron chi connectivity index (χ3n) is 3.16. The molecule has 0 saturated carbocycles. The van der Waals surface area contributed by atoms with Gasteiger partial charge in [0.05, 0.1) is 0 Å². The Morgan fingerprint density at radius 1 is 1.47 bits per heavy atom. The number of carboxylic acids is 1. The van der Waals surface area contributed by atoms with Crippen molar-refractivity contribution in [1.29, 1.82) is 0 Å². The van der Waals surface area contributed by atoms with Crippen molar-refractivity contribution in [2.24, 2.45) is 5.92 Å². The van der Waals surface area contributed by atoms with Gasteiger partial charge in [0.2, 0.25) is 0 Å². The van der Waals surface area contributed by atoms with Crippen LogP contribution in [0.4, 0.5) is 0 Å². The van der Waals surface area contributed by atoms with E-state index in [1.165, 1.54) is 16.7 Å². The molecule has 2 rings (SSSR count). The van der Waals surface area contributed by atoms with Crippen LogP contribution < -0.4 is 0 Å². The highest BCUT2D eigenvalue weighted by Gasteiger charge is 2.20. The Labute approximate surface area is 89.9 Å². The molecular formula is C13H16O2. The van der Waals surface area contributed by atoms with Crippen molar-refractivity contribution in [3.63, 3.8) is 0 Å². The van der Waals surface area contributed by atoms with Crippen LogP contribution in [0.15, 0.2) is 18.2 Å². The maximum Gasteiger partial charge on any atom is 0.303 e. The fourth-order valence-electron chi connectivity index (χ4n) is 2.38. The van der Waals surface area contributed by atoms with Gasteiger partial charge in [-0.1, -0.05) is 23.8 Å². The smallest absolute Gasteiger partial charge is 0.303 e. The van der Waals surface area contributed by atoms with E-state index in [-0.39, 0.29) is 0 Å². The Morgan fingerprint density at radius 3 is 3.00 bits per heavy atom. The Hall–Kier alpha value is -1.31. The monoisotopic (exact) mass is 204 g/mol. The lowest BCUT2D eigenvalue weighted by molar-refractivity contribution is -0.138. The number of hydrogen-bond donors (Lipinski definition) is 1. The number of fused-ring (bicyclic) bond motifs is 1. The first kappa shape index (κ1) is 10.2. The van der Waals surface area contributed by atoms with Gasteiger partial charge in [-0.2, -0.15) is 0 Å². The van der Waals surface area contributed by atoms with Crippen LogP contribution in [0.5, 0.6) is 0 Å². The van der Waals surface area contributed by atoms with Crippen molar-refractivity contribution in [3.05, 3.63) is 34.9 Å². The average Bonchev–Trinajstić information content (AvgIpc) is 2.16. The number of carbonyl (C=O) groups is 1. The quantitative estimate of drug-likeness (QED) is 0.804. The summed E-state index contributed by atoms with van der Waals surface area (Å²) < 4.78 is 0. The number of benzene rings is 1. The molecule has 1 aliphatic rings. The molecule has 1 atom stereocenters. The lowest BCUT2D eigenvalue weighted by Gasteiger charge is -2.23. The van der Waals surface area contributed by atoms with Crippen LogP contribution in [0.1, 0.15) is 29.5 Å². The molecule has 1 unspecified atom stereocenters. The second-order valence-corrected chi connectivity index (χ2v) is 4.48. The lowest BCUT2D eigenvalue weighted by Crippen LogP contribution is -2.17. The minimum atomic E-state index is -0.670. The Morgan fingerprint density at radius 2 is 2.27 bits per heavy atom. The van der Waals surface area contributed by atoms with Crippen molar-refractivity contribution in [2.75, 3.05) is 0 Å². The van der Waals surface area contributed by atoms with Crippen molar-refractivity contribution >= 4 is 5.97 Å². The molecule has 0 amide bonds. The Balaban J connectivity index is 2.14. The van der Waals surface area contributed by atoms with Crippen molar-refractivity contribution in [2.45, 2.75) is 32.6 Å². The summed E-state index contributed by atoms with van der Waals surface area (Å²) in [5.41, 5.74) is 4.03. The second kappa shape index (κ2) is 4.05. The molecule has 1 aromatic rings. The largest absolute Gasteiger partial charge is 0.481 e. The number of aryl methyl sites for hydroxylation is 2. The van der Waals surface area contributed by atoms with Gasteiger partial charge in [0, 0.05) is 6.42 Å². The van der Waals surface area contributed by atoms with Crippen LogP contribution in [-0.2, 0) is 17.6 Å². The fourth-order valence-corrected chi connectivity index (χ4v) is 2.38. The molecule has 0 aliphatic heterocycles. The summed E-state index contributed by atoms with van der Waals surface area (Å²) in [5.74, 6) is -0.340. The van der Waals surface area contributed by atoms with Gasteiger partial charge in [-0.15, -0.1) is 0 Å². The van der Waals surface area contributed by atoms with E-state index in [2.05, 4.69) is 25.1 Å². The van der Waals surface area contributed by atoms with E-state index in [0.29, 0.717) is 12.3 Å². The summed E-state index contributed by atoms with van der Waals surface area (Å²) in [6.07, 6.45) is 3.30. The third-order valence-corrected chi connectivity index (χ3v) is 3.16. The summed E-state index contributed by atoms with van der Waals surface area (Å²) in [5, 5.41) is 8.77. The zero-order valence-corrected chi connectivity index (χ0v) is 8.99. The topological polar surface area (TPSA) is 37.3 Å². The molecule has 0 aromatic heterocycles. The molecule has 0 radical (unpaired) electrons. The lowest BCUT2D eigenvalue weighted by atomic mass is 9.82. The molecule has 0 bridgehead atoms. The van der Waals surface area contributed by atoms with Crippen LogP contribution in [-0.4, -0.2) is 11.1 Å². The highest BCUT2D eigenvalue weighted by Crippen LogP contribution is 2.28. The third kappa shape index (κ3) is 2.38. The number of hydrogen-bond acceptors (Lipinski definition) is 1. The maximum absolute atomic E-state index is 10.6. The van der Waals surface area contributed by atoms with Crippen molar-refractivity contribution in [1.82, 2.24) is 0 Å². The van der Waals surface area contributed by atoms with Gasteiger partial charge in [-0.25, -0.2) is 0 Å². The predicted molar refractivity (Wildman–Crippen MR) is 58.9 cm³/mol. The first-order chi connectivity index (χ1) is 7.15. The molecule has 0 saturated heterocycles. The van der Waals surface area contributed by atoms with Gasteiger partial charge < -0.3 is 5.11 Å². The van der Waals surface area contributed by atoms with Gasteiger partial charge in [-0.05, 0) is 43.2 Å². The maximum atomic E-state index is 10.6. The average molecular weight is 204 g/mol. The van der Waals surface area contributed by atoms with E-state index in [0.717, 1.165) is 19.3 Å². The molecule has 15 heavy (non-hydrogen) atoms. The van der Waals surface area contributed by atoms with E-state index in [4.69, 9.17) is 5.11 Å². The molecule has 80 valence electrons. The van der Waals surface area contributed by atoms with Gasteiger partial charge >= 0.3 is 5.97 Å². The fraction of sp³-hybridized carbons (Fsp3) is 0.462. The summed E-state index contributed by atoms with van der Waals surface area (Å²) in [4.78, 5) is 10.6. The molecule has 2 heteroatoms. The minimum Gasteiger partial charge on any atom is -0.481 e. The van der Waals surface area contributed by atoms with Crippen LogP contribution in [0.3, 0.4) is 0 Å². The number of rotatable bonds is 2. The zero-order chi connectivity index (χ0) is 10.8. The predicted octanol–water partition coefficient (Wildman–Crippen LogP) is 2.57. The second-order valence-electron chi connectivity index (χ2n) is 4.48. The van der Waals surface area contributed by atoms with Crippen LogP contribution in [0.2, 0.25) is 0 Å². The van der Waals surface area contributed by atoms with E-state index in [1.807, 2.05) is 0 Å². The Kier molecular flexibility index (Phi) is 2.76. The summed E-state index contributed by atoms with van der Waals surface area (Å²) in [6, 6.07) is 6.52. The van der Waals surface area contributed by atoms with E-state index in [9.17, 15) is 4.79 Å². The van der Waals surface area contributed by atoms with Crippen LogP contribution in [0.25, 0.3) is 0 Å².